The van der Waals surface area contributed by atoms with Crippen LogP contribution in [-0.2, 0) is 22.4 Å². The second-order valence-corrected chi connectivity index (χ2v) is 6.42. The maximum atomic E-state index is 11.0. The van der Waals surface area contributed by atoms with Crippen molar-refractivity contribution in [2.75, 3.05) is 12.8 Å². The average molecular weight is 302 g/mol. The molecular weight excluding hydrogens is 286 g/mol. The fraction of sp³-hybridized carbons (Fsp3) is 0.417. The predicted octanol–water partition coefficient (Wildman–Crippen LogP) is 1.71. The molecule has 5 nitrogen and oxygen atoms in total. The van der Waals surface area contributed by atoms with Crippen LogP contribution in [0, 0.1) is 0 Å². The monoisotopic (exact) mass is 301 g/mol. The van der Waals surface area contributed by atoms with Crippen molar-refractivity contribution in [2.45, 2.75) is 18.8 Å². The molecular formula is C12H16ClN3O2S. The third kappa shape index (κ3) is 3.68. The number of halogens is 1. The molecule has 1 aromatic carbocycles. The van der Waals surface area contributed by atoms with Gasteiger partial charge in [-0.1, -0.05) is 12.1 Å². The molecule has 19 heavy (non-hydrogen) atoms. The van der Waals surface area contributed by atoms with Gasteiger partial charge in [0.15, 0.2) is 0 Å². The van der Waals surface area contributed by atoms with Crippen LogP contribution in [0.2, 0.25) is 0 Å². The summed E-state index contributed by atoms with van der Waals surface area (Å²) in [4.78, 5) is 4.45. The summed E-state index contributed by atoms with van der Waals surface area (Å²) in [6.45, 7) is 1.10. The maximum Gasteiger partial charge on any atom is 0.208 e. The van der Waals surface area contributed by atoms with Crippen molar-refractivity contribution in [2.24, 2.45) is 0 Å². The summed E-state index contributed by atoms with van der Waals surface area (Å²) in [5.41, 5.74) is 1.94. The number of rotatable bonds is 6. The van der Waals surface area contributed by atoms with E-state index in [1.807, 2.05) is 28.8 Å². The molecule has 1 heterocycles. The third-order valence-electron chi connectivity index (χ3n) is 2.78. The van der Waals surface area contributed by atoms with Crippen LogP contribution in [0.3, 0.4) is 0 Å². The van der Waals surface area contributed by atoms with E-state index >= 15 is 0 Å². The molecule has 0 unspecified atom stereocenters. The van der Waals surface area contributed by atoms with E-state index in [0.29, 0.717) is 25.4 Å². The Kier molecular flexibility index (Phi) is 4.44. The van der Waals surface area contributed by atoms with Crippen molar-refractivity contribution < 1.29 is 8.42 Å². The van der Waals surface area contributed by atoms with E-state index in [-0.39, 0.29) is 0 Å². The van der Waals surface area contributed by atoms with Crippen LogP contribution >= 0.6 is 11.6 Å². The molecule has 0 amide bonds. The minimum absolute atomic E-state index is 0.341. The van der Waals surface area contributed by atoms with Gasteiger partial charge in [-0.3, -0.25) is 0 Å². The molecule has 0 saturated carbocycles. The summed E-state index contributed by atoms with van der Waals surface area (Å²) in [5, 5.41) is 0. The van der Waals surface area contributed by atoms with Gasteiger partial charge in [0.25, 0.3) is 0 Å². The Morgan fingerprint density at radius 2 is 2.11 bits per heavy atom. The van der Waals surface area contributed by atoms with E-state index in [4.69, 9.17) is 11.6 Å². The van der Waals surface area contributed by atoms with Gasteiger partial charge in [-0.05, 0) is 18.6 Å². The number of aromatic nitrogens is 2. The lowest BCUT2D eigenvalue weighted by atomic mass is 10.3. The Balaban J connectivity index is 2.11. The summed E-state index contributed by atoms with van der Waals surface area (Å²) in [7, 11) is -3.12. The van der Waals surface area contributed by atoms with E-state index < -0.39 is 10.0 Å². The zero-order valence-electron chi connectivity index (χ0n) is 10.6. The quantitative estimate of drug-likeness (QED) is 0.652. The summed E-state index contributed by atoms with van der Waals surface area (Å²) >= 11 is 5.89. The average Bonchev–Trinajstić information content (AvgIpc) is 2.71. The van der Waals surface area contributed by atoms with Gasteiger partial charge >= 0.3 is 0 Å². The first-order chi connectivity index (χ1) is 9.01. The number of nitrogens with one attached hydrogen (secondary N) is 1. The van der Waals surface area contributed by atoms with Crippen LogP contribution in [0.1, 0.15) is 12.2 Å². The van der Waals surface area contributed by atoms with Crippen LogP contribution in [0.25, 0.3) is 11.0 Å². The Morgan fingerprint density at radius 3 is 2.79 bits per heavy atom. The van der Waals surface area contributed by atoms with Crippen molar-refractivity contribution in [1.82, 2.24) is 14.3 Å². The fourth-order valence-electron chi connectivity index (χ4n) is 1.97. The standard InChI is InChI=1S/C12H16ClN3O2S/c1-19(17,18)14-7-4-8-16-11-6-3-2-5-10(11)15-12(16)9-13/h2-3,5-6,14H,4,7-9H2,1H3. The molecule has 104 valence electrons. The minimum atomic E-state index is -3.12. The highest BCUT2D eigenvalue weighted by atomic mass is 35.5. The number of imidazole rings is 1. The molecule has 0 radical (unpaired) electrons. The number of sulfonamides is 1. The first kappa shape index (κ1) is 14.3. The van der Waals surface area contributed by atoms with Crippen LogP contribution < -0.4 is 4.72 Å². The van der Waals surface area contributed by atoms with E-state index in [1.54, 1.807) is 0 Å². The van der Waals surface area contributed by atoms with E-state index in [2.05, 4.69) is 9.71 Å². The lowest BCUT2D eigenvalue weighted by Gasteiger charge is -2.07. The molecule has 7 heteroatoms. The van der Waals surface area contributed by atoms with E-state index in [1.165, 1.54) is 0 Å². The second kappa shape index (κ2) is 5.90. The fourth-order valence-corrected chi connectivity index (χ4v) is 2.69. The molecule has 0 spiro atoms. The number of fused-ring (bicyclic) bond motifs is 1. The van der Waals surface area contributed by atoms with Gasteiger partial charge in [-0.2, -0.15) is 0 Å². The van der Waals surface area contributed by atoms with Crippen LogP contribution in [-0.4, -0.2) is 30.8 Å². The highest BCUT2D eigenvalue weighted by molar-refractivity contribution is 7.88. The molecule has 0 atom stereocenters. The smallest absolute Gasteiger partial charge is 0.208 e. The number of aryl methyl sites for hydroxylation is 1. The number of alkyl halides is 1. The Labute approximate surface area is 117 Å². The summed E-state index contributed by atoms with van der Waals surface area (Å²) in [6.07, 6.45) is 1.85. The third-order valence-corrected chi connectivity index (χ3v) is 3.74. The molecule has 0 aliphatic carbocycles. The number of hydrogen-bond acceptors (Lipinski definition) is 3. The van der Waals surface area contributed by atoms with Crippen molar-refractivity contribution in [3.8, 4) is 0 Å². The molecule has 0 fully saturated rings. The molecule has 0 aliphatic rings. The summed E-state index contributed by atoms with van der Waals surface area (Å²) < 4.78 is 26.5. The van der Waals surface area contributed by atoms with Gasteiger partial charge in [-0.25, -0.2) is 18.1 Å². The lowest BCUT2D eigenvalue weighted by Crippen LogP contribution is -2.24. The number of hydrogen-bond donors (Lipinski definition) is 1. The molecule has 2 rings (SSSR count). The highest BCUT2D eigenvalue weighted by Gasteiger charge is 2.09. The molecule has 0 bridgehead atoms. The molecule has 0 aliphatic heterocycles. The van der Waals surface area contributed by atoms with Gasteiger partial charge in [0, 0.05) is 13.1 Å². The van der Waals surface area contributed by atoms with Crippen molar-refractivity contribution in [3.05, 3.63) is 30.1 Å². The Hall–Kier alpha value is -1.11. The van der Waals surface area contributed by atoms with Crippen LogP contribution in [0.4, 0.5) is 0 Å². The first-order valence-electron chi connectivity index (χ1n) is 5.96. The van der Waals surface area contributed by atoms with E-state index in [9.17, 15) is 8.42 Å². The van der Waals surface area contributed by atoms with Gasteiger partial charge in [-0.15, -0.1) is 11.6 Å². The lowest BCUT2D eigenvalue weighted by molar-refractivity contribution is 0.575. The molecule has 2 aromatic rings. The van der Waals surface area contributed by atoms with Gasteiger partial charge < -0.3 is 4.57 Å². The minimum Gasteiger partial charge on any atom is -0.327 e. The number of para-hydroxylation sites is 2. The molecule has 1 aromatic heterocycles. The second-order valence-electron chi connectivity index (χ2n) is 4.32. The van der Waals surface area contributed by atoms with E-state index in [0.717, 1.165) is 23.1 Å². The summed E-state index contributed by atoms with van der Waals surface area (Å²) in [5.74, 6) is 1.15. The number of benzene rings is 1. The largest absolute Gasteiger partial charge is 0.327 e. The van der Waals surface area contributed by atoms with Crippen molar-refractivity contribution in [3.63, 3.8) is 0 Å². The Morgan fingerprint density at radius 1 is 1.37 bits per heavy atom. The van der Waals surface area contributed by atoms with Crippen molar-refractivity contribution in [1.29, 1.82) is 0 Å². The van der Waals surface area contributed by atoms with Gasteiger partial charge in [0.05, 0.1) is 23.2 Å². The predicted molar refractivity (Wildman–Crippen MR) is 76.8 cm³/mol. The highest BCUT2D eigenvalue weighted by Crippen LogP contribution is 2.17. The van der Waals surface area contributed by atoms with Crippen LogP contribution in [0.15, 0.2) is 24.3 Å². The molecule has 0 saturated heterocycles. The van der Waals surface area contributed by atoms with Gasteiger partial charge in [0.1, 0.15) is 5.82 Å². The number of nitrogens with zero attached hydrogens (tertiary/aromatic N) is 2. The van der Waals surface area contributed by atoms with Crippen molar-refractivity contribution >= 4 is 32.7 Å². The maximum absolute atomic E-state index is 11.0. The topological polar surface area (TPSA) is 64.0 Å². The SMILES string of the molecule is CS(=O)(=O)NCCCn1c(CCl)nc2ccccc21. The van der Waals surface area contributed by atoms with Crippen LogP contribution in [0.5, 0.6) is 0 Å². The van der Waals surface area contributed by atoms with Gasteiger partial charge in [0.2, 0.25) is 10.0 Å². The summed E-state index contributed by atoms with van der Waals surface area (Å²) in [6, 6.07) is 7.81. The normalized spacial score (nSPS) is 12.1. The first-order valence-corrected chi connectivity index (χ1v) is 8.38. The molecule has 1 N–H and O–H groups in total. The zero-order valence-corrected chi connectivity index (χ0v) is 12.2. The Bertz CT molecular complexity index is 667. The zero-order chi connectivity index (χ0) is 13.9.